The van der Waals surface area contributed by atoms with Gasteiger partial charge in [0.2, 0.25) is 15.9 Å². The molecule has 3 rings (SSSR count). The Labute approximate surface area is 161 Å². The first-order valence-corrected chi connectivity index (χ1v) is 10.7. The number of nitrogens with one attached hydrogen (secondary N) is 2. The molecule has 1 saturated carbocycles. The second-order valence-electron chi connectivity index (χ2n) is 7.37. The van der Waals surface area contributed by atoms with E-state index < -0.39 is 16.1 Å². The smallest absolute Gasteiger partial charge is 0.241 e. The molecule has 0 unspecified atom stereocenters. The molecule has 2 aromatic rings. The molecular weight excluding hydrogens is 360 g/mol. The van der Waals surface area contributed by atoms with Gasteiger partial charge < -0.3 is 5.32 Å². The Bertz CT molecular complexity index is 912. The molecule has 1 amide bonds. The molecule has 27 heavy (non-hydrogen) atoms. The molecule has 0 saturated heterocycles. The van der Waals surface area contributed by atoms with Gasteiger partial charge in [0.05, 0.1) is 4.90 Å². The molecule has 144 valence electrons. The predicted octanol–water partition coefficient (Wildman–Crippen LogP) is 2.78. The fraction of sp³-hybridized carbons (Fsp3) is 0.381. The van der Waals surface area contributed by atoms with E-state index in [0.29, 0.717) is 17.5 Å². The summed E-state index contributed by atoms with van der Waals surface area (Å²) in [5.74, 6) is -0.271. The zero-order valence-corrected chi connectivity index (χ0v) is 16.8. The number of aryl methyl sites for hydroxylation is 3. The van der Waals surface area contributed by atoms with Crippen LogP contribution in [-0.2, 0) is 21.2 Å². The fourth-order valence-corrected chi connectivity index (χ4v) is 5.05. The Hall–Kier alpha value is -2.18. The van der Waals surface area contributed by atoms with Crippen LogP contribution >= 0.6 is 0 Å². The van der Waals surface area contributed by atoms with Crippen LogP contribution in [0, 0.1) is 20.8 Å². The highest BCUT2D eigenvalue weighted by molar-refractivity contribution is 7.89. The van der Waals surface area contributed by atoms with E-state index in [1.165, 1.54) is 0 Å². The fourth-order valence-electron chi connectivity index (χ4n) is 3.40. The number of hydrogen-bond donors (Lipinski definition) is 2. The number of benzene rings is 2. The summed E-state index contributed by atoms with van der Waals surface area (Å²) in [6.07, 6.45) is 2.21. The highest BCUT2D eigenvalue weighted by atomic mass is 32.2. The predicted molar refractivity (Wildman–Crippen MR) is 106 cm³/mol. The van der Waals surface area contributed by atoms with Crippen molar-refractivity contribution < 1.29 is 13.2 Å². The average Bonchev–Trinajstić information content (AvgIpc) is 3.37. The molecule has 0 heterocycles. The number of hydrogen-bond acceptors (Lipinski definition) is 3. The van der Waals surface area contributed by atoms with Crippen molar-refractivity contribution in [3.8, 4) is 0 Å². The average molecular weight is 387 g/mol. The van der Waals surface area contributed by atoms with E-state index in [9.17, 15) is 13.2 Å². The molecule has 0 radical (unpaired) electrons. The first kappa shape index (κ1) is 19.6. The van der Waals surface area contributed by atoms with Crippen molar-refractivity contribution in [3.63, 3.8) is 0 Å². The molecule has 1 atom stereocenters. The molecule has 1 aliphatic carbocycles. The largest absolute Gasteiger partial charge is 0.352 e. The van der Waals surface area contributed by atoms with Gasteiger partial charge in [-0.2, -0.15) is 4.72 Å². The van der Waals surface area contributed by atoms with E-state index in [0.717, 1.165) is 24.0 Å². The van der Waals surface area contributed by atoms with Gasteiger partial charge in [-0.25, -0.2) is 8.42 Å². The summed E-state index contributed by atoms with van der Waals surface area (Å²) in [6, 6.07) is 12.5. The monoisotopic (exact) mass is 386 g/mol. The van der Waals surface area contributed by atoms with Crippen molar-refractivity contribution in [1.29, 1.82) is 0 Å². The third-order valence-electron chi connectivity index (χ3n) is 4.69. The maximum atomic E-state index is 13.1. The van der Waals surface area contributed by atoms with Gasteiger partial charge in [-0.05, 0) is 56.7 Å². The lowest BCUT2D eigenvalue weighted by molar-refractivity contribution is -0.122. The standard InChI is InChI=1S/C21H26N2O3S/c1-14-11-15(2)20(16(3)12-14)27(25,26)23-19(21(24)22-18-9-10-18)13-17-7-5-4-6-8-17/h4-8,11-12,18-19,23H,9-10,13H2,1-3H3,(H,22,24)/t19-/m1/s1. The van der Waals surface area contributed by atoms with E-state index in [2.05, 4.69) is 10.0 Å². The Kier molecular flexibility index (Phi) is 5.67. The number of carbonyl (C=O) groups is 1. The van der Waals surface area contributed by atoms with Crippen molar-refractivity contribution >= 4 is 15.9 Å². The van der Waals surface area contributed by atoms with Crippen molar-refractivity contribution in [3.05, 3.63) is 64.7 Å². The number of carbonyl (C=O) groups excluding carboxylic acids is 1. The van der Waals surface area contributed by atoms with Gasteiger partial charge in [0.1, 0.15) is 6.04 Å². The van der Waals surface area contributed by atoms with Crippen LogP contribution in [0.3, 0.4) is 0 Å². The minimum atomic E-state index is -3.83. The molecule has 5 nitrogen and oxygen atoms in total. The summed E-state index contributed by atoms with van der Waals surface area (Å²) in [4.78, 5) is 12.9. The number of rotatable bonds is 7. The number of amides is 1. The minimum absolute atomic E-state index is 0.170. The third kappa shape index (κ3) is 4.96. The van der Waals surface area contributed by atoms with E-state index in [4.69, 9.17) is 0 Å². The van der Waals surface area contributed by atoms with Crippen LogP contribution in [0.2, 0.25) is 0 Å². The van der Waals surface area contributed by atoms with Crippen LogP contribution in [-0.4, -0.2) is 26.4 Å². The summed E-state index contributed by atoms with van der Waals surface area (Å²) < 4.78 is 28.9. The Balaban J connectivity index is 1.89. The SMILES string of the molecule is Cc1cc(C)c(S(=O)(=O)N[C@H](Cc2ccccc2)C(=O)NC2CC2)c(C)c1. The quantitative estimate of drug-likeness (QED) is 0.768. The maximum Gasteiger partial charge on any atom is 0.241 e. The highest BCUT2D eigenvalue weighted by Crippen LogP contribution is 2.23. The van der Waals surface area contributed by atoms with Gasteiger partial charge in [0.15, 0.2) is 0 Å². The number of sulfonamides is 1. The van der Waals surface area contributed by atoms with Crippen LogP contribution in [0.5, 0.6) is 0 Å². The van der Waals surface area contributed by atoms with Gasteiger partial charge in [0.25, 0.3) is 0 Å². The summed E-state index contributed by atoms with van der Waals surface area (Å²) in [5.41, 5.74) is 3.28. The lowest BCUT2D eigenvalue weighted by Gasteiger charge is -2.20. The first-order valence-electron chi connectivity index (χ1n) is 9.21. The lowest BCUT2D eigenvalue weighted by Crippen LogP contribution is -2.48. The van der Waals surface area contributed by atoms with E-state index in [-0.39, 0.29) is 16.8 Å². The van der Waals surface area contributed by atoms with Gasteiger partial charge in [-0.1, -0.05) is 48.0 Å². The molecule has 1 fully saturated rings. The first-order chi connectivity index (χ1) is 12.8. The second kappa shape index (κ2) is 7.82. The maximum absolute atomic E-state index is 13.1. The van der Waals surface area contributed by atoms with E-state index >= 15 is 0 Å². The zero-order valence-electron chi connectivity index (χ0n) is 16.0. The summed E-state index contributed by atoms with van der Waals surface area (Å²) in [7, 11) is -3.83. The van der Waals surface area contributed by atoms with Crippen LogP contribution in [0.15, 0.2) is 47.4 Å². The van der Waals surface area contributed by atoms with Crippen LogP contribution in [0.25, 0.3) is 0 Å². The van der Waals surface area contributed by atoms with E-state index in [1.807, 2.05) is 49.4 Å². The summed E-state index contributed by atoms with van der Waals surface area (Å²) >= 11 is 0. The summed E-state index contributed by atoms with van der Waals surface area (Å²) in [6.45, 7) is 5.50. The van der Waals surface area contributed by atoms with E-state index in [1.54, 1.807) is 13.8 Å². The molecule has 0 spiro atoms. The molecule has 1 aliphatic rings. The van der Waals surface area contributed by atoms with Crippen molar-refractivity contribution in [2.45, 2.75) is 57.0 Å². The van der Waals surface area contributed by atoms with Crippen molar-refractivity contribution in [2.75, 3.05) is 0 Å². The second-order valence-corrected chi connectivity index (χ2v) is 9.03. The van der Waals surface area contributed by atoms with Crippen LogP contribution in [0.4, 0.5) is 0 Å². The third-order valence-corrected chi connectivity index (χ3v) is 6.47. The van der Waals surface area contributed by atoms with Crippen LogP contribution in [0.1, 0.15) is 35.1 Å². The zero-order chi connectivity index (χ0) is 19.6. The van der Waals surface area contributed by atoms with Gasteiger partial charge in [-0.15, -0.1) is 0 Å². The Morgan fingerprint density at radius 3 is 2.22 bits per heavy atom. The molecule has 0 bridgehead atoms. The minimum Gasteiger partial charge on any atom is -0.352 e. The Morgan fingerprint density at radius 1 is 1.07 bits per heavy atom. The molecule has 2 aromatic carbocycles. The molecular formula is C21H26N2O3S. The normalized spacial score (nSPS) is 15.4. The topological polar surface area (TPSA) is 75.3 Å². The highest BCUT2D eigenvalue weighted by Gasteiger charge is 2.31. The molecule has 6 heteroatoms. The van der Waals surface area contributed by atoms with Gasteiger partial charge in [0, 0.05) is 6.04 Å². The molecule has 0 aliphatic heterocycles. The van der Waals surface area contributed by atoms with Gasteiger partial charge >= 0.3 is 0 Å². The van der Waals surface area contributed by atoms with Gasteiger partial charge in [-0.3, -0.25) is 4.79 Å². The van der Waals surface area contributed by atoms with Crippen molar-refractivity contribution in [2.24, 2.45) is 0 Å². The van der Waals surface area contributed by atoms with Crippen LogP contribution < -0.4 is 10.0 Å². The molecule has 2 N–H and O–H groups in total. The summed E-state index contributed by atoms with van der Waals surface area (Å²) in [5, 5.41) is 2.92. The molecule has 0 aromatic heterocycles. The lowest BCUT2D eigenvalue weighted by atomic mass is 10.1. The Morgan fingerprint density at radius 2 is 1.67 bits per heavy atom. The van der Waals surface area contributed by atoms with Crippen molar-refractivity contribution in [1.82, 2.24) is 10.0 Å².